The van der Waals surface area contributed by atoms with Gasteiger partial charge in [0, 0.05) is 38.0 Å². The summed E-state index contributed by atoms with van der Waals surface area (Å²) in [5.41, 5.74) is 10.1. The molecule has 0 amide bonds. The van der Waals surface area contributed by atoms with Gasteiger partial charge in [-0.3, -0.25) is 0 Å². The van der Waals surface area contributed by atoms with Crippen molar-refractivity contribution in [2.75, 3.05) is 71.5 Å². The first-order chi connectivity index (χ1) is 18.3. The average Bonchev–Trinajstić information content (AvgIpc) is 3.42. The molecule has 0 saturated carbocycles. The maximum atomic E-state index is 6.40. The molecule has 12 heteroatoms. The fraction of sp³-hybridized carbons (Fsp3) is 0.308. The number of nitrogens with zero attached hydrogens (tertiary/aromatic N) is 6. The maximum Gasteiger partial charge on any atom is 0.227 e. The SMILES string of the molecule is COc1cc(N(C)CCN(C)C)c(N)cc1Nc1nccc(-c2nnc(-c3ccc(OC)c(OC)c3)s2)n1. The molecule has 0 atom stereocenters. The largest absolute Gasteiger partial charge is 0.494 e. The van der Waals surface area contributed by atoms with Gasteiger partial charge >= 0.3 is 0 Å². The van der Waals surface area contributed by atoms with Crippen LogP contribution < -0.4 is 30.2 Å². The fourth-order valence-corrected chi connectivity index (χ4v) is 4.53. The predicted octanol–water partition coefficient (Wildman–Crippen LogP) is 4.01. The van der Waals surface area contributed by atoms with Crippen molar-refractivity contribution in [3.05, 3.63) is 42.6 Å². The number of anilines is 4. The van der Waals surface area contributed by atoms with Gasteiger partial charge in [-0.1, -0.05) is 11.3 Å². The van der Waals surface area contributed by atoms with Crippen LogP contribution in [0.15, 0.2) is 42.6 Å². The number of methoxy groups -OCH3 is 3. The number of nitrogen functional groups attached to an aromatic ring is 1. The van der Waals surface area contributed by atoms with E-state index in [1.54, 1.807) is 33.6 Å². The van der Waals surface area contributed by atoms with Gasteiger partial charge < -0.3 is 35.1 Å². The third kappa shape index (κ3) is 6.03. The molecule has 11 nitrogen and oxygen atoms in total. The van der Waals surface area contributed by atoms with Crippen LogP contribution in [0.4, 0.5) is 23.0 Å². The fourth-order valence-electron chi connectivity index (χ4n) is 3.72. The van der Waals surface area contributed by atoms with Gasteiger partial charge in [-0.25, -0.2) is 9.97 Å². The van der Waals surface area contributed by atoms with E-state index in [4.69, 9.17) is 19.9 Å². The minimum atomic E-state index is 0.386. The van der Waals surface area contributed by atoms with Crippen molar-refractivity contribution >= 4 is 34.3 Å². The lowest BCUT2D eigenvalue weighted by Gasteiger charge is -2.24. The summed E-state index contributed by atoms with van der Waals surface area (Å²) in [6, 6.07) is 11.2. The zero-order valence-electron chi connectivity index (χ0n) is 22.3. The molecule has 38 heavy (non-hydrogen) atoms. The van der Waals surface area contributed by atoms with E-state index in [1.807, 2.05) is 51.5 Å². The Labute approximate surface area is 226 Å². The van der Waals surface area contributed by atoms with E-state index in [9.17, 15) is 0 Å². The van der Waals surface area contributed by atoms with Gasteiger partial charge in [0.1, 0.15) is 16.5 Å². The highest BCUT2D eigenvalue weighted by molar-refractivity contribution is 7.17. The minimum Gasteiger partial charge on any atom is -0.494 e. The standard InChI is InChI=1S/C26H32N8O3S/c1-33(2)11-12-34(3)20-15-22(36-5)19(14-17(20)27)30-26-28-10-9-18(29-26)25-32-31-24(38-25)16-7-8-21(35-4)23(13-16)37-6/h7-10,13-15H,11-12,27H2,1-6H3,(H,28,29,30). The number of hydrogen-bond acceptors (Lipinski definition) is 12. The molecule has 0 radical (unpaired) electrons. The summed E-state index contributed by atoms with van der Waals surface area (Å²) in [5.74, 6) is 2.29. The minimum absolute atomic E-state index is 0.386. The number of rotatable bonds is 11. The highest BCUT2D eigenvalue weighted by atomic mass is 32.1. The van der Waals surface area contributed by atoms with E-state index in [-0.39, 0.29) is 0 Å². The van der Waals surface area contributed by atoms with Gasteiger partial charge in [-0.15, -0.1) is 10.2 Å². The van der Waals surface area contributed by atoms with E-state index in [1.165, 1.54) is 11.3 Å². The van der Waals surface area contributed by atoms with Crippen molar-refractivity contribution in [2.24, 2.45) is 0 Å². The van der Waals surface area contributed by atoms with E-state index < -0.39 is 0 Å². The summed E-state index contributed by atoms with van der Waals surface area (Å²) >= 11 is 1.42. The van der Waals surface area contributed by atoms with Crippen molar-refractivity contribution in [1.82, 2.24) is 25.1 Å². The lowest BCUT2D eigenvalue weighted by Crippen LogP contribution is -2.29. The van der Waals surface area contributed by atoms with E-state index in [0.717, 1.165) is 29.3 Å². The van der Waals surface area contributed by atoms with Crippen molar-refractivity contribution in [3.8, 4) is 38.5 Å². The van der Waals surface area contributed by atoms with Gasteiger partial charge in [0.05, 0.1) is 38.4 Å². The molecular weight excluding hydrogens is 504 g/mol. The van der Waals surface area contributed by atoms with Gasteiger partial charge in [-0.05, 0) is 44.4 Å². The monoisotopic (exact) mass is 536 g/mol. The highest BCUT2D eigenvalue weighted by Crippen LogP contribution is 2.37. The summed E-state index contributed by atoms with van der Waals surface area (Å²) in [7, 11) is 10.9. The Hall–Kier alpha value is -4.16. The van der Waals surface area contributed by atoms with Crippen LogP contribution in [-0.2, 0) is 0 Å². The molecular formula is C26H32N8O3S. The first kappa shape index (κ1) is 26.9. The Morgan fingerprint density at radius 2 is 1.61 bits per heavy atom. The zero-order valence-corrected chi connectivity index (χ0v) is 23.2. The van der Waals surface area contributed by atoms with Gasteiger partial charge in [-0.2, -0.15) is 0 Å². The van der Waals surface area contributed by atoms with Gasteiger partial charge in [0.25, 0.3) is 0 Å². The van der Waals surface area contributed by atoms with E-state index in [2.05, 4.69) is 35.3 Å². The molecule has 2 aromatic carbocycles. The summed E-state index contributed by atoms with van der Waals surface area (Å²) in [4.78, 5) is 13.2. The molecule has 0 fully saturated rings. The lowest BCUT2D eigenvalue weighted by atomic mass is 10.2. The Morgan fingerprint density at radius 3 is 2.32 bits per heavy atom. The normalized spacial score (nSPS) is 10.9. The molecule has 0 aliphatic carbocycles. The number of nitrogens with one attached hydrogen (secondary N) is 1. The molecule has 2 heterocycles. The van der Waals surface area contributed by atoms with Crippen molar-refractivity contribution in [1.29, 1.82) is 0 Å². The average molecular weight is 537 g/mol. The highest BCUT2D eigenvalue weighted by Gasteiger charge is 2.16. The molecule has 0 unspecified atom stereocenters. The maximum absolute atomic E-state index is 6.40. The van der Waals surface area contributed by atoms with Crippen LogP contribution in [0.1, 0.15) is 0 Å². The molecule has 0 spiro atoms. The number of ether oxygens (including phenoxy) is 3. The quantitative estimate of drug-likeness (QED) is 0.270. The van der Waals surface area contributed by atoms with Crippen LogP contribution in [0.5, 0.6) is 17.2 Å². The summed E-state index contributed by atoms with van der Waals surface area (Å²) in [6.45, 7) is 1.73. The molecule has 0 saturated heterocycles. The van der Waals surface area contributed by atoms with Crippen LogP contribution in [0.25, 0.3) is 21.3 Å². The van der Waals surface area contributed by atoms with Crippen LogP contribution in [-0.4, -0.2) is 80.6 Å². The van der Waals surface area contributed by atoms with Crippen LogP contribution in [0.3, 0.4) is 0 Å². The summed E-state index contributed by atoms with van der Waals surface area (Å²) in [5, 5.41) is 13.3. The summed E-state index contributed by atoms with van der Waals surface area (Å²) < 4.78 is 16.4. The number of aromatic nitrogens is 4. The second kappa shape index (κ2) is 11.9. The topological polar surface area (TPSA) is 124 Å². The predicted molar refractivity (Wildman–Crippen MR) is 152 cm³/mol. The van der Waals surface area contributed by atoms with E-state index >= 15 is 0 Å². The molecule has 4 rings (SSSR count). The first-order valence-corrected chi connectivity index (χ1v) is 12.6. The second-order valence-corrected chi connectivity index (χ2v) is 9.69. The Bertz CT molecular complexity index is 1390. The van der Waals surface area contributed by atoms with Gasteiger partial charge in [0.15, 0.2) is 16.5 Å². The van der Waals surface area contributed by atoms with E-state index in [0.29, 0.717) is 45.3 Å². The molecule has 4 aromatic rings. The number of nitrogens with two attached hydrogens (primary N) is 1. The molecule has 0 bridgehead atoms. The second-order valence-electron chi connectivity index (χ2n) is 8.71. The molecule has 0 aliphatic heterocycles. The van der Waals surface area contributed by atoms with Crippen molar-refractivity contribution in [2.45, 2.75) is 0 Å². The molecule has 2 aromatic heterocycles. The number of hydrogen-bond donors (Lipinski definition) is 2. The molecule has 0 aliphatic rings. The van der Waals surface area contributed by atoms with Crippen LogP contribution in [0, 0.1) is 0 Å². The van der Waals surface area contributed by atoms with Crippen molar-refractivity contribution < 1.29 is 14.2 Å². The Balaban J connectivity index is 1.56. The van der Waals surface area contributed by atoms with Crippen LogP contribution >= 0.6 is 11.3 Å². The third-order valence-electron chi connectivity index (χ3n) is 5.82. The molecule has 3 N–H and O–H groups in total. The lowest BCUT2D eigenvalue weighted by molar-refractivity contribution is 0.355. The van der Waals surface area contributed by atoms with Crippen molar-refractivity contribution in [3.63, 3.8) is 0 Å². The Morgan fingerprint density at radius 1 is 0.868 bits per heavy atom. The number of likely N-dealkylation sites (N-methyl/N-ethyl adjacent to an activating group) is 2. The van der Waals surface area contributed by atoms with Crippen LogP contribution in [0.2, 0.25) is 0 Å². The zero-order chi connectivity index (χ0) is 27.2. The number of benzene rings is 2. The third-order valence-corrected chi connectivity index (χ3v) is 6.81. The Kier molecular flexibility index (Phi) is 8.44. The summed E-state index contributed by atoms with van der Waals surface area (Å²) in [6.07, 6.45) is 1.67. The smallest absolute Gasteiger partial charge is 0.227 e. The molecule has 200 valence electrons. The van der Waals surface area contributed by atoms with Gasteiger partial charge in [0.2, 0.25) is 5.95 Å². The first-order valence-electron chi connectivity index (χ1n) is 11.8.